The van der Waals surface area contributed by atoms with Crippen molar-refractivity contribution in [3.63, 3.8) is 0 Å². The number of nitriles is 1. The van der Waals surface area contributed by atoms with Gasteiger partial charge in [0.05, 0.1) is 17.2 Å². The fourth-order valence-corrected chi connectivity index (χ4v) is 3.78. The molecular formula is C25H22N4O2. The van der Waals surface area contributed by atoms with Crippen molar-refractivity contribution in [2.24, 2.45) is 0 Å². The number of hydrogen-bond acceptors (Lipinski definition) is 4. The standard InChI is InChI=1S/C25H22N4O2/c1-17(30)28-12-10-25(31)29-16-23(22-7-2-3-8-24(22)29)20(14-26)13-18-5-4-6-19-15-27-11-9-21(18)19/h2-9,11,13,15-16,25,31H,10,12H2,1H3,(H,28,30)/b20-13+. The van der Waals surface area contributed by atoms with Crippen LogP contribution >= 0.6 is 0 Å². The third kappa shape index (κ3) is 4.18. The van der Waals surface area contributed by atoms with Gasteiger partial charge in [0.15, 0.2) is 0 Å². The van der Waals surface area contributed by atoms with Crippen LogP contribution < -0.4 is 5.32 Å². The molecule has 0 saturated heterocycles. The number of nitrogens with zero attached hydrogens (tertiary/aromatic N) is 3. The third-order valence-corrected chi connectivity index (χ3v) is 5.26. The molecule has 0 saturated carbocycles. The zero-order valence-electron chi connectivity index (χ0n) is 17.1. The first-order valence-electron chi connectivity index (χ1n) is 10.1. The molecule has 1 atom stereocenters. The van der Waals surface area contributed by atoms with Crippen molar-refractivity contribution in [1.29, 1.82) is 5.26 Å². The number of allylic oxidation sites excluding steroid dienone is 1. The van der Waals surface area contributed by atoms with E-state index in [1.54, 1.807) is 17.0 Å². The normalized spacial score (nSPS) is 12.6. The summed E-state index contributed by atoms with van der Waals surface area (Å²) in [5.74, 6) is -0.134. The molecule has 4 rings (SSSR count). The first-order valence-corrected chi connectivity index (χ1v) is 10.1. The Morgan fingerprint density at radius 3 is 2.87 bits per heavy atom. The van der Waals surface area contributed by atoms with Gasteiger partial charge in [-0.2, -0.15) is 5.26 Å². The van der Waals surface area contributed by atoms with Crippen molar-refractivity contribution < 1.29 is 9.90 Å². The van der Waals surface area contributed by atoms with E-state index in [1.807, 2.05) is 60.8 Å². The van der Waals surface area contributed by atoms with Gasteiger partial charge in [-0.25, -0.2) is 0 Å². The maximum atomic E-state index is 11.1. The highest BCUT2D eigenvalue weighted by molar-refractivity contribution is 6.04. The number of rotatable bonds is 6. The second-order valence-corrected chi connectivity index (χ2v) is 7.33. The van der Waals surface area contributed by atoms with Crippen LogP contribution in [0.2, 0.25) is 0 Å². The Kier molecular flexibility index (Phi) is 5.78. The number of carbonyl (C=O) groups excluding carboxylic acids is 1. The summed E-state index contributed by atoms with van der Waals surface area (Å²) in [5, 5.41) is 26.3. The molecule has 1 amide bonds. The van der Waals surface area contributed by atoms with E-state index in [4.69, 9.17) is 0 Å². The first kappa shape index (κ1) is 20.3. The van der Waals surface area contributed by atoms with Gasteiger partial charge in [0.25, 0.3) is 0 Å². The number of aliphatic hydroxyl groups is 1. The average molecular weight is 410 g/mol. The van der Waals surface area contributed by atoms with E-state index in [0.29, 0.717) is 18.5 Å². The molecule has 31 heavy (non-hydrogen) atoms. The van der Waals surface area contributed by atoms with E-state index < -0.39 is 6.23 Å². The van der Waals surface area contributed by atoms with Gasteiger partial charge in [0.1, 0.15) is 6.23 Å². The number of pyridine rings is 1. The molecule has 2 aromatic carbocycles. The topological polar surface area (TPSA) is 90.9 Å². The number of nitrogens with one attached hydrogen (secondary N) is 1. The Bertz CT molecular complexity index is 1330. The predicted molar refractivity (Wildman–Crippen MR) is 122 cm³/mol. The summed E-state index contributed by atoms with van der Waals surface area (Å²) in [5.41, 5.74) is 3.02. The fraction of sp³-hybridized carbons (Fsp3) is 0.160. The molecule has 154 valence electrons. The molecule has 0 aliphatic heterocycles. The van der Waals surface area contributed by atoms with Gasteiger partial charge < -0.3 is 15.0 Å². The number of fused-ring (bicyclic) bond motifs is 2. The quantitative estimate of drug-likeness (QED) is 0.465. The minimum absolute atomic E-state index is 0.134. The molecule has 2 aromatic heterocycles. The molecule has 0 fully saturated rings. The molecular weight excluding hydrogens is 388 g/mol. The van der Waals surface area contributed by atoms with E-state index in [1.165, 1.54) is 6.92 Å². The zero-order valence-corrected chi connectivity index (χ0v) is 17.1. The largest absolute Gasteiger partial charge is 0.373 e. The van der Waals surface area contributed by atoms with Crippen molar-refractivity contribution in [2.75, 3.05) is 6.54 Å². The number of hydrogen-bond donors (Lipinski definition) is 2. The number of para-hydroxylation sites is 1. The minimum atomic E-state index is -0.825. The average Bonchev–Trinajstić information content (AvgIpc) is 3.17. The summed E-state index contributed by atoms with van der Waals surface area (Å²) in [6, 6.07) is 17.8. The molecule has 2 heterocycles. The highest BCUT2D eigenvalue weighted by atomic mass is 16.3. The van der Waals surface area contributed by atoms with Crippen LogP contribution in [0.15, 0.2) is 67.1 Å². The lowest BCUT2D eigenvalue weighted by Crippen LogP contribution is -2.23. The van der Waals surface area contributed by atoms with E-state index in [2.05, 4.69) is 16.4 Å². The van der Waals surface area contributed by atoms with Gasteiger partial charge in [-0.15, -0.1) is 0 Å². The summed E-state index contributed by atoms with van der Waals surface area (Å²) < 4.78 is 1.75. The maximum absolute atomic E-state index is 11.1. The maximum Gasteiger partial charge on any atom is 0.216 e. The Hall–Kier alpha value is -3.95. The van der Waals surface area contributed by atoms with Gasteiger partial charge in [0.2, 0.25) is 5.91 Å². The second kappa shape index (κ2) is 8.82. The number of carbonyl (C=O) groups is 1. The van der Waals surface area contributed by atoms with Gasteiger partial charge in [0, 0.05) is 54.8 Å². The predicted octanol–water partition coefficient (Wildman–Crippen LogP) is 4.27. The van der Waals surface area contributed by atoms with Crippen molar-refractivity contribution >= 4 is 39.2 Å². The molecule has 0 bridgehead atoms. The summed E-state index contributed by atoms with van der Waals surface area (Å²) in [4.78, 5) is 15.3. The van der Waals surface area contributed by atoms with Crippen molar-refractivity contribution in [2.45, 2.75) is 19.6 Å². The zero-order chi connectivity index (χ0) is 21.8. The Morgan fingerprint density at radius 2 is 2.06 bits per heavy atom. The lowest BCUT2D eigenvalue weighted by atomic mass is 10.00. The highest BCUT2D eigenvalue weighted by Gasteiger charge is 2.16. The smallest absolute Gasteiger partial charge is 0.216 e. The molecule has 6 heteroatoms. The second-order valence-electron chi connectivity index (χ2n) is 7.33. The Morgan fingerprint density at radius 1 is 1.23 bits per heavy atom. The summed E-state index contributed by atoms with van der Waals surface area (Å²) in [6.45, 7) is 1.81. The third-order valence-electron chi connectivity index (χ3n) is 5.26. The Labute approximate surface area is 180 Å². The number of aromatic nitrogens is 2. The van der Waals surface area contributed by atoms with Crippen LogP contribution in [-0.2, 0) is 4.79 Å². The van der Waals surface area contributed by atoms with Crippen molar-refractivity contribution in [3.8, 4) is 6.07 Å². The van der Waals surface area contributed by atoms with Crippen molar-refractivity contribution in [3.05, 3.63) is 78.2 Å². The van der Waals surface area contributed by atoms with Gasteiger partial charge in [-0.3, -0.25) is 9.78 Å². The summed E-state index contributed by atoms with van der Waals surface area (Å²) in [6.07, 6.45) is 6.76. The van der Waals surface area contributed by atoms with Crippen LogP contribution in [-0.4, -0.2) is 27.1 Å². The monoisotopic (exact) mass is 410 g/mol. The van der Waals surface area contributed by atoms with E-state index in [-0.39, 0.29) is 5.91 Å². The number of aliphatic hydroxyl groups excluding tert-OH is 1. The van der Waals surface area contributed by atoms with Gasteiger partial charge >= 0.3 is 0 Å². The molecule has 1 unspecified atom stereocenters. The van der Waals surface area contributed by atoms with Crippen LogP contribution in [0, 0.1) is 11.3 Å². The molecule has 0 spiro atoms. The van der Waals surface area contributed by atoms with Crippen molar-refractivity contribution in [1.82, 2.24) is 14.9 Å². The number of benzene rings is 2. The molecule has 0 radical (unpaired) electrons. The van der Waals surface area contributed by atoms with Gasteiger partial charge in [-0.05, 0) is 29.2 Å². The molecule has 4 aromatic rings. The fourth-order valence-electron chi connectivity index (χ4n) is 3.78. The van der Waals surface area contributed by atoms with E-state index in [9.17, 15) is 15.2 Å². The van der Waals surface area contributed by atoms with E-state index >= 15 is 0 Å². The molecule has 0 aliphatic carbocycles. The minimum Gasteiger partial charge on any atom is -0.373 e. The molecule has 6 nitrogen and oxygen atoms in total. The van der Waals surface area contributed by atoms with Gasteiger partial charge in [-0.1, -0.05) is 36.4 Å². The molecule has 0 aliphatic rings. The molecule has 2 N–H and O–H groups in total. The summed E-state index contributed by atoms with van der Waals surface area (Å²) in [7, 11) is 0. The van der Waals surface area contributed by atoms with Crippen LogP contribution in [0.25, 0.3) is 33.3 Å². The Balaban J connectivity index is 1.78. The SMILES string of the molecule is CC(=O)NCCC(O)n1cc(/C(C#N)=C/c2cccc3cnccc23)c2ccccc21. The summed E-state index contributed by atoms with van der Waals surface area (Å²) >= 11 is 0. The lowest BCUT2D eigenvalue weighted by molar-refractivity contribution is -0.119. The first-order chi connectivity index (χ1) is 15.1. The van der Waals surface area contributed by atoms with Crippen LogP contribution in [0.4, 0.5) is 0 Å². The highest BCUT2D eigenvalue weighted by Crippen LogP contribution is 2.32. The van der Waals surface area contributed by atoms with Crippen LogP contribution in [0.1, 0.15) is 30.7 Å². The lowest BCUT2D eigenvalue weighted by Gasteiger charge is -2.14. The van der Waals surface area contributed by atoms with E-state index in [0.717, 1.165) is 32.8 Å². The number of amides is 1. The van der Waals surface area contributed by atoms with Crippen LogP contribution in [0.5, 0.6) is 0 Å². The van der Waals surface area contributed by atoms with Crippen LogP contribution in [0.3, 0.4) is 0 Å².